The van der Waals surface area contributed by atoms with Gasteiger partial charge in [0.15, 0.2) is 0 Å². The second-order valence-electron chi connectivity index (χ2n) is 5.12. The molecule has 1 unspecified atom stereocenters. The largest absolute Gasteiger partial charge is 0.0904 e. The fourth-order valence-corrected chi connectivity index (χ4v) is 3.37. The minimum Gasteiger partial charge on any atom is -0.0904 e. The summed E-state index contributed by atoms with van der Waals surface area (Å²) in [6, 6.07) is 10.9. The molecule has 0 fully saturated rings. The molecular weight excluding hydrogens is 235 g/mol. The number of rotatable bonds is 11. The number of hydrogen-bond acceptors (Lipinski definition) is 0. The third kappa shape index (κ3) is 8.70. The smallest absolute Gasteiger partial charge is 0.0271 e. The zero-order valence-electron chi connectivity index (χ0n) is 12.0. The fourth-order valence-electron chi connectivity index (χ4n) is 2.22. The van der Waals surface area contributed by atoms with Gasteiger partial charge in [0.2, 0.25) is 0 Å². The van der Waals surface area contributed by atoms with Crippen LogP contribution in [0.25, 0.3) is 0 Å². The Balaban J connectivity index is 1.82. The molecule has 0 nitrogen and oxygen atoms in total. The van der Waals surface area contributed by atoms with E-state index in [0.717, 1.165) is 8.58 Å². The fraction of sp³-hybridized carbons (Fsp3) is 0.647. The first kappa shape index (κ1) is 15.7. The lowest BCUT2D eigenvalue weighted by atomic mass is 10.1. The highest BCUT2D eigenvalue weighted by atomic mass is 31.1. The van der Waals surface area contributed by atoms with E-state index in [2.05, 4.69) is 37.3 Å². The van der Waals surface area contributed by atoms with E-state index in [9.17, 15) is 0 Å². The highest BCUT2D eigenvalue weighted by Gasteiger charge is 1.94. The van der Waals surface area contributed by atoms with Crippen molar-refractivity contribution in [3.63, 3.8) is 0 Å². The highest BCUT2D eigenvalue weighted by Crippen LogP contribution is 2.15. The molecule has 0 aliphatic heterocycles. The van der Waals surface area contributed by atoms with Crippen molar-refractivity contribution in [2.45, 2.75) is 64.7 Å². The Hall–Kier alpha value is -0.350. The summed E-state index contributed by atoms with van der Waals surface area (Å²) in [5.41, 5.74) is 0. The van der Waals surface area contributed by atoms with Gasteiger partial charge < -0.3 is 0 Å². The standard InChI is InChI=1S/C17H29P/c1-2-3-4-5-6-7-8-9-13-16-18-17-14-11-10-12-15-17/h10-12,14-15,18H,2-9,13,16H2,1H3. The van der Waals surface area contributed by atoms with Gasteiger partial charge in [0.05, 0.1) is 0 Å². The van der Waals surface area contributed by atoms with Crippen molar-refractivity contribution in [1.82, 2.24) is 0 Å². The van der Waals surface area contributed by atoms with Gasteiger partial charge in [-0.05, 0) is 17.9 Å². The first-order valence-electron chi connectivity index (χ1n) is 7.72. The Kier molecular flexibility index (Phi) is 10.2. The lowest BCUT2D eigenvalue weighted by molar-refractivity contribution is 0.573. The summed E-state index contributed by atoms with van der Waals surface area (Å²) >= 11 is 0. The van der Waals surface area contributed by atoms with E-state index in [1.54, 1.807) is 0 Å². The summed E-state index contributed by atoms with van der Waals surface area (Å²) in [4.78, 5) is 0. The molecule has 0 aliphatic carbocycles. The van der Waals surface area contributed by atoms with E-state index in [-0.39, 0.29) is 0 Å². The average Bonchev–Trinajstić information content (AvgIpc) is 2.42. The SMILES string of the molecule is CCCCCCCCCCCPc1ccccc1. The van der Waals surface area contributed by atoms with Gasteiger partial charge in [-0.25, -0.2) is 0 Å². The van der Waals surface area contributed by atoms with Crippen molar-refractivity contribution < 1.29 is 0 Å². The first-order chi connectivity index (χ1) is 8.93. The van der Waals surface area contributed by atoms with Crippen molar-refractivity contribution in [3.05, 3.63) is 30.3 Å². The monoisotopic (exact) mass is 264 g/mol. The summed E-state index contributed by atoms with van der Waals surface area (Å²) in [5, 5.41) is 1.53. The minimum atomic E-state index is 1.02. The van der Waals surface area contributed by atoms with Crippen LogP contribution in [0.2, 0.25) is 0 Å². The Labute approximate surface area is 115 Å². The summed E-state index contributed by atoms with van der Waals surface area (Å²) in [5.74, 6) is 0. The Morgan fingerprint density at radius 2 is 1.28 bits per heavy atom. The molecule has 0 aromatic heterocycles. The minimum absolute atomic E-state index is 1.02. The maximum atomic E-state index is 2.29. The number of benzene rings is 1. The molecule has 0 aliphatic rings. The Bertz CT molecular complexity index is 268. The molecule has 0 spiro atoms. The molecule has 0 amide bonds. The highest BCUT2D eigenvalue weighted by molar-refractivity contribution is 7.47. The molecule has 0 bridgehead atoms. The van der Waals surface area contributed by atoms with Gasteiger partial charge in [-0.3, -0.25) is 0 Å². The molecule has 0 saturated carbocycles. The van der Waals surface area contributed by atoms with Crippen LogP contribution in [0.1, 0.15) is 64.7 Å². The molecule has 0 saturated heterocycles. The molecule has 1 atom stereocenters. The van der Waals surface area contributed by atoms with Gasteiger partial charge in [0, 0.05) is 0 Å². The van der Waals surface area contributed by atoms with Crippen LogP contribution in [0.5, 0.6) is 0 Å². The normalized spacial score (nSPS) is 11.4. The van der Waals surface area contributed by atoms with E-state index >= 15 is 0 Å². The molecule has 1 heteroatoms. The van der Waals surface area contributed by atoms with Gasteiger partial charge in [-0.2, -0.15) is 0 Å². The van der Waals surface area contributed by atoms with Crippen molar-refractivity contribution in [2.24, 2.45) is 0 Å². The molecular formula is C17H29P. The van der Waals surface area contributed by atoms with E-state index in [1.165, 1.54) is 69.3 Å². The lowest BCUT2D eigenvalue weighted by Crippen LogP contribution is -1.93. The van der Waals surface area contributed by atoms with E-state index < -0.39 is 0 Å². The lowest BCUT2D eigenvalue weighted by Gasteiger charge is -2.03. The van der Waals surface area contributed by atoms with Crippen LogP contribution in [0, 0.1) is 0 Å². The summed E-state index contributed by atoms with van der Waals surface area (Å²) < 4.78 is 0. The Morgan fingerprint density at radius 3 is 1.89 bits per heavy atom. The predicted octanol–water partition coefficient (Wildman–Crippen LogP) is 5.52. The predicted molar refractivity (Wildman–Crippen MR) is 86.5 cm³/mol. The van der Waals surface area contributed by atoms with Gasteiger partial charge in [-0.1, -0.05) is 97.2 Å². The molecule has 0 N–H and O–H groups in total. The van der Waals surface area contributed by atoms with Crippen molar-refractivity contribution in [1.29, 1.82) is 0 Å². The molecule has 18 heavy (non-hydrogen) atoms. The topological polar surface area (TPSA) is 0 Å². The first-order valence-corrected chi connectivity index (χ1v) is 8.93. The zero-order valence-corrected chi connectivity index (χ0v) is 13.0. The van der Waals surface area contributed by atoms with E-state index in [4.69, 9.17) is 0 Å². The van der Waals surface area contributed by atoms with Crippen LogP contribution in [0.15, 0.2) is 30.3 Å². The van der Waals surface area contributed by atoms with Gasteiger partial charge in [0.1, 0.15) is 0 Å². The van der Waals surface area contributed by atoms with Crippen LogP contribution >= 0.6 is 8.58 Å². The molecule has 102 valence electrons. The number of hydrogen-bond donors (Lipinski definition) is 0. The van der Waals surface area contributed by atoms with Crippen LogP contribution in [0.4, 0.5) is 0 Å². The summed E-state index contributed by atoms with van der Waals surface area (Å²) in [7, 11) is 1.02. The summed E-state index contributed by atoms with van der Waals surface area (Å²) in [6.07, 6.45) is 14.3. The van der Waals surface area contributed by atoms with Crippen LogP contribution in [-0.4, -0.2) is 6.16 Å². The maximum absolute atomic E-state index is 2.29. The van der Waals surface area contributed by atoms with Crippen molar-refractivity contribution >= 4 is 13.9 Å². The maximum Gasteiger partial charge on any atom is -0.0271 e. The van der Waals surface area contributed by atoms with Crippen LogP contribution < -0.4 is 5.30 Å². The van der Waals surface area contributed by atoms with E-state index in [0.29, 0.717) is 0 Å². The van der Waals surface area contributed by atoms with Gasteiger partial charge in [0.25, 0.3) is 0 Å². The van der Waals surface area contributed by atoms with Crippen LogP contribution in [0.3, 0.4) is 0 Å². The van der Waals surface area contributed by atoms with Crippen LogP contribution in [-0.2, 0) is 0 Å². The molecule has 0 radical (unpaired) electrons. The summed E-state index contributed by atoms with van der Waals surface area (Å²) in [6.45, 7) is 2.29. The second-order valence-corrected chi connectivity index (χ2v) is 6.55. The molecule has 1 aromatic carbocycles. The Morgan fingerprint density at radius 1 is 0.722 bits per heavy atom. The second kappa shape index (κ2) is 11.7. The number of unbranched alkanes of at least 4 members (excludes halogenated alkanes) is 8. The average molecular weight is 264 g/mol. The van der Waals surface area contributed by atoms with Gasteiger partial charge >= 0.3 is 0 Å². The molecule has 1 rings (SSSR count). The van der Waals surface area contributed by atoms with Crippen molar-refractivity contribution in [2.75, 3.05) is 6.16 Å². The molecule has 1 aromatic rings. The zero-order chi connectivity index (χ0) is 12.9. The van der Waals surface area contributed by atoms with Crippen molar-refractivity contribution in [3.8, 4) is 0 Å². The van der Waals surface area contributed by atoms with Gasteiger partial charge in [-0.15, -0.1) is 0 Å². The third-order valence-corrected chi connectivity index (χ3v) is 4.73. The van der Waals surface area contributed by atoms with E-state index in [1.807, 2.05) is 0 Å². The quantitative estimate of drug-likeness (QED) is 0.364. The third-order valence-electron chi connectivity index (χ3n) is 3.38. The molecule has 0 heterocycles.